The number of carboxylic acid groups (broad SMARTS) is 1. The molecule has 0 amide bonds. The van der Waals surface area contributed by atoms with Crippen molar-refractivity contribution in [1.82, 2.24) is 14.6 Å². The Bertz CT molecular complexity index is 904. The van der Waals surface area contributed by atoms with Crippen molar-refractivity contribution in [3.63, 3.8) is 0 Å². The molecule has 5 nitrogen and oxygen atoms in total. The number of carbonyl (C=O) groups is 1. The van der Waals surface area contributed by atoms with Crippen LogP contribution in [0.25, 0.3) is 16.9 Å². The molecule has 0 aliphatic carbocycles. The SMILES string of the molecule is O=C(O)c1cc2nc(-c3ccc(F)cc3)cc(C(F)(F)Cl)n2n1. The van der Waals surface area contributed by atoms with Crippen LogP contribution in [0.2, 0.25) is 0 Å². The highest BCUT2D eigenvalue weighted by molar-refractivity contribution is 6.21. The number of benzene rings is 1. The largest absolute Gasteiger partial charge is 0.476 e. The number of rotatable bonds is 3. The molecule has 23 heavy (non-hydrogen) atoms. The lowest BCUT2D eigenvalue weighted by Crippen LogP contribution is -2.13. The molecule has 0 bridgehead atoms. The fraction of sp³-hybridized carbons (Fsp3) is 0.0714. The summed E-state index contributed by atoms with van der Waals surface area (Å²) in [7, 11) is 0. The zero-order valence-corrected chi connectivity index (χ0v) is 11.9. The van der Waals surface area contributed by atoms with E-state index in [1.54, 1.807) is 0 Å². The van der Waals surface area contributed by atoms with Gasteiger partial charge in [0.2, 0.25) is 0 Å². The fourth-order valence-corrected chi connectivity index (χ4v) is 2.18. The molecule has 0 aliphatic heterocycles. The van der Waals surface area contributed by atoms with Crippen LogP contribution in [0.5, 0.6) is 0 Å². The molecule has 0 aliphatic rings. The minimum atomic E-state index is -3.79. The molecule has 9 heteroatoms. The number of hydrogen-bond donors (Lipinski definition) is 1. The summed E-state index contributed by atoms with van der Waals surface area (Å²) in [4.78, 5) is 15.0. The van der Waals surface area contributed by atoms with Crippen molar-refractivity contribution >= 4 is 23.2 Å². The van der Waals surface area contributed by atoms with Gasteiger partial charge in [-0.15, -0.1) is 0 Å². The number of fused-ring (bicyclic) bond motifs is 1. The summed E-state index contributed by atoms with van der Waals surface area (Å²) in [6.07, 6.45) is 0. The van der Waals surface area contributed by atoms with E-state index >= 15 is 0 Å². The molecule has 0 saturated heterocycles. The molecule has 1 N–H and O–H groups in total. The number of halogens is 4. The van der Waals surface area contributed by atoms with Gasteiger partial charge in [0.25, 0.3) is 0 Å². The maximum atomic E-state index is 13.6. The van der Waals surface area contributed by atoms with E-state index in [2.05, 4.69) is 10.1 Å². The first-order chi connectivity index (χ1) is 10.8. The summed E-state index contributed by atoms with van der Waals surface area (Å²) in [5.41, 5.74) is -0.842. The molecular weight excluding hydrogens is 335 g/mol. The summed E-state index contributed by atoms with van der Waals surface area (Å²) >= 11 is 5.08. The second-order valence-electron chi connectivity index (χ2n) is 4.64. The van der Waals surface area contributed by atoms with Crippen molar-refractivity contribution in [3.8, 4) is 11.3 Å². The van der Waals surface area contributed by atoms with E-state index in [1.165, 1.54) is 12.1 Å². The van der Waals surface area contributed by atoms with Gasteiger partial charge >= 0.3 is 11.4 Å². The molecular formula is C14H7ClF3N3O2. The molecule has 1 aromatic carbocycles. The number of aromatic carboxylic acids is 1. The van der Waals surface area contributed by atoms with Crippen molar-refractivity contribution in [2.45, 2.75) is 5.38 Å². The van der Waals surface area contributed by atoms with E-state index in [-0.39, 0.29) is 11.3 Å². The maximum Gasteiger partial charge on any atom is 0.364 e. The highest BCUT2D eigenvalue weighted by Crippen LogP contribution is 2.34. The maximum absolute atomic E-state index is 13.6. The Kier molecular flexibility index (Phi) is 3.48. The van der Waals surface area contributed by atoms with Gasteiger partial charge in [-0.3, -0.25) is 0 Å². The summed E-state index contributed by atoms with van der Waals surface area (Å²) in [6.45, 7) is 0. The topological polar surface area (TPSA) is 67.5 Å². The van der Waals surface area contributed by atoms with E-state index in [1.807, 2.05) is 0 Å². The van der Waals surface area contributed by atoms with E-state index < -0.39 is 28.6 Å². The minimum absolute atomic E-state index is 0.0877. The fourth-order valence-electron chi connectivity index (χ4n) is 2.05. The van der Waals surface area contributed by atoms with Gasteiger partial charge in [0, 0.05) is 11.6 Å². The number of nitrogens with zero attached hydrogens (tertiary/aromatic N) is 3. The van der Waals surface area contributed by atoms with Crippen LogP contribution in [0, 0.1) is 5.82 Å². The Morgan fingerprint density at radius 2 is 1.87 bits per heavy atom. The second-order valence-corrected chi connectivity index (χ2v) is 5.11. The first-order valence-electron chi connectivity index (χ1n) is 6.23. The zero-order valence-electron chi connectivity index (χ0n) is 11.2. The van der Waals surface area contributed by atoms with E-state index in [0.717, 1.165) is 24.3 Å². The first-order valence-corrected chi connectivity index (χ1v) is 6.61. The molecule has 2 aromatic heterocycles. The Morgan fingerprint density at radius 3 is 2.43 bits per heavy atom. The van der Waals surface area contributed by atoms with Gasteiger partial charge in [-0.05, 0) is 41.9 Å². The number of alkyl halides is 3. The number of hydrogen-bond acceptors (Lipinski definition) is 3. The van der Waals surface area contributed by atoms with Gasteiger partial charge in [-0.25, -0.2) is 18.7 Å². The van der Waals surface area contributed by atoms with E-state index in [9.17, 15) is 18.0 Å². The number of carboxylic acids is 1. The normalized spacial score (nSPS) is 11.8. The Morgan fingerprint density at radius 1 is 1.22 bits per heavy atom. The van der Waals surface area contributed by atoms with Crippen LogP contribution < -0.4 is 0 Å². The third kappa shape index (κ3) is 2.85. The lowest BCUT2D eigenvalue weighted by Gasteiger charge is -2.12. The predicted octanol–water partition coefficient (Wildman–Crippen LogP) is 3.52. The van der Waals surface area contributed by atoms with Crippen LogP contribution in [0.1, 0.15) is 16.2 Å². The van der Waals surface area contributed by atoms with Gasteiger partial charge in [-0.1, -0.05) is 0 Å². The smallest absolute Gasteiger partial charge is 0.364 e. The molecule has 0 radical (unpaired) electrons. The van der Waals surface area contributed by atoms with Gasteiger partial charge in [0.15, 0.2) is 11.3 Å². The van der Waals surface area contributed by atoms with Crippen molar-refractivity contribution in [2.75, 3.05) is 0 Å². The molecule has 0 saturated carbocycles. The highest BCUT2D eigenvalue weighted by Gasteiger charge is 2.33. The Labute approximate surface area is 131 Å². The van der Waals surface area contributed by atoms with Gasteiger partial charge < -0.3 is 5.11 Å². The Hall–Kier alpha value is -2.61. The molecule has 118 valence electrons. The summed E-state index contributed by atoms with van der Waals surface area (Å²) < 4.78 is 40.9. The van der Waals surface area contributed by atoms with Crippen LogP contribution >= 0.6 is 11.6 Å². The highest BCUT2D eigenvalue weighted by atomic mass is 35.5. The van der Waals surface area contributed by atoms with E-state index in [0.29, 0.717) is 10.1 Å². The van der Waals surface area contributed by atoms with E-state index in [4.69, 9.17) is 16.7 Å². The zero-order chi connectivity index (χ0) is 16.8. The van der Waals surface area contributed by atoms with Crippen molar-refractivity contribution in [1.29, 1.82) is 0 Å². The lowest BCUT2D eigenvalue weighted by molar-refractivity contribution is 0.0686. The van der Waals surface area contributed by atoms with Gasteiger partial charge in [-0.2, -0.15) is 13.9 Å². The van der Waals surface area contributed by atoms with Crippen LogP contribution in [0.15, 0.2) is 36.4 Å². The number of aromatic nitrogens is 3. The lowest BCUT2D eigenvalue weighted by atomic mass is 10.1. The first kappa shape index (κ1) is 15.3. The van der Waals surface area contributed by atoms with Crippen LogP contribution in [0.3, 0.4) is 0 Å². The van der Waals surface area contributed by atoms with Crippen LogP contribution in [0.4, 0.5) is 13.2 Å². The molecule has 0 unspecified atom stereocenters. The second kappa shape index (κ2) is 5.24. The molecule has 0 atom stereocenters. The Balaban J connectivity index is 2.28. The molecule has 2 heterocycles. The monoisotopic (exact) mass is 341 g/mol. The molecule has 3 aromatic rings. The molecule has 0 fully saturated rings. The molecule has 3 rings (SSSR count). The molecule has 0 spiro atoms. The summed E-state index contributed by atoms with van der Waals surface area (Å²) in [5, 5.41) is 8.69. The standard InChI is InChI=1S/C14H7ClF3N3O2/c15-14(17,18)11-5-9(7-1-3-8(16)4-2-7)19-12-6-10(13(22)23)20-21(11)12/h1-6H,(H,22,23). The summed E-state index contributed by atoms with van der Waals surface area (Å²) in [5.74, 6) is -1.88. The average molecular weight is 342 g/mol. The quantitative estimate of drug-likeness (QED) is 0.740. The third-order valence-electron chi connectivity index (χ3n) is 3.08. The van der Waals surface area contributed by atoms with Gasteiger partial charge in [0.1, 0.15) is 11.5 Å². The minimum Gasteiger partial charge on any atom is -0.476 e. The van der Waals surface area contributed by atoms with Crippen LogP contribution in [-0.2, 0) is 5.38 Å². The van der Waals surface area contributed by atoms with Crippen molar-refractivity contribution < 1.29 is 23.1 Å². The third-order valence-corrected chi connectivity index (χ3v) is 3.27. The summed E-state index contributed by atoms with van der Waals surface area (Å²) in [6, 6.07) is 7.04. The van der Waals surface area contributed by atoms with Crippen molar-refractivity contribution in [2.24, 2.45) is 0 Å². The van der Waals surface area contributed by atoms with Crippen molar-refractivity contribution in [3.05, 3.63) is 53.6 Å². The van der Waals surface area contributed by atoms with Crippen LogP contribution in [-0.4, -0.2) is 25.7 Å². The average Bonchev–Trinajstić information content (AvgIpc) is 2.90. The van der Waals surface area contributed by atoms with Gasteiger partial charge in [0.05, 0.1) is 5.69 Å². The predicted molar refractivity (Wildman–Crippen MR) is 75.1 cm³/mol.